The van der Waals surface area contributed by atoms with Crippen LogP contribution < -0.4 is 27.0 Å². The number of thiazole rings is 3. The van der Waals surface area contributed by atoms with Gasteiger partial charge in [0.05, 0.1) is 19.6 Å². The molecule has 0 fully saturated rings. The van der Waals surface area contributed by atoms with Gasteiger partial charge in [0.15, 0.2) is 0 Å². The first kappa shape index (κ1) is 26.3. The largest absolute Gasteiger partial charge is 0.351 e. The average Bonchev–Trinajstić information content (AvgIpc) is 3.60. The first-order valence-electron chi connectivity index (χ1n) is 10.5. The van der Waals surface area contributed by atoms with Crippen LogP contribution >= 0.6 is 34.0 Å². The van der Waals surface area contributed by atoms with Gasteiger partial charge in [-0.25, -0.2) is 15.0 Å². The summed E-state index contributed by atoms with van der Waals surface area (Å²) in [6.45, 7) is 2.95. The van der Waals surface area contributed by atoms with Gasteiger partial charge in [0, 0.05) is 29.6 Å². The molecule has 0 saturated carbocycles. The summed E-state index contributed by atoms with van der Waals surface area (Å²) in [6.07, 6.45) is 0.684. The number of amides is 4. The van der Waals surface area contributed by atoms with Crippen LogP contribution in [0.2, 0.25) is 0 Å². The number of nitrogens with two attached hydrogens (primary N) is 1. The Hall–Kier alpha value is -3.27. The Balaban J connectivity index is 1.44. The molecule has 15 heteroatoms. The van der Waals surface area contributed by atoms with Gasteiger partial charge >= 0.3 is 0 Å². The summed E-state index contributed by atoms with van der Waals surface area (Å²) in [5.74, 6) is -1.21. The highest BCUT2D eigenvalue weighted by Crippen LogP contribution is 2.13. The van der Waals surface area contributed by atoms with Crippen molar-refractivity contribution in [3.63, 3.8) is 0 Å². The smallest absolute Gasteiger partial charge is 0.271 e. The zero-order valence-corrected chi connectivity index (χ0v) is 21.2. The predicted molar refractivity (Wildman–Crippen MR) is 132 cm³/mol. The van der Waals surface area contributed by atoms with Gasteiger partial charge in [-0.1, -0.05) is 0 Å². The van der Waals surface area contributed by atoms with Crippen LogP contribution in [0.3, 0.4) is 0 Å². The van der Waals surface area contributed by atoms with E-state index < -0.39 is 0 Å². The summed E-state index contributed by atoms with van der Waals surface area (Å²) < 4.78 is 0. The molecular weight excluding hydrogens is 512 g/mol. The van der Waals surface area contributed by atoms with Crippen LogP contribution in [0.4, 0.5) is 0 Å². The lowest BCUT2D eigenvalue weighted by molar-refractivity contribution is -0.119. The highest BCUT2D eigenvalue weighted by Gasteiger charge is 2.15. The van der Waals surface area contributed by atoms with E-state index in [9.17, 15) is 19.2 Å². The first-order chi connectivity index (χ1) is 16.9. The van der Waals surface area contributed by atoms with Crippen LogP contribution in [0.25, 0.3) is 0 Å². The molecule has 0 saturated heterocycles. The van der Waals surface area contributed by atoms with Crippen molar-refractivity contribution in [2.45, 2.75) is 33.0 Å². The molecule has 0 bridgehead atoms. The van der Waals surface area contributed by atoms with Gasteiger partial charge < -0.3 is 27.0 Å². The highest BCUT2D eigenvalue weighted by atomic mass is 32.1. The van der Waals surface area contributed by atoms with Crippen molar-refractivity contribution >= 4 is 57.6 Å². The SMILES string of the molecule is CC(=O)NCc1nc(C(=O)NCc2nc(C(=O)NCc3nc(C(=O)NCCCN)cs3)cs2)cs1. The minimum absolute atomic E-state index is 0.143. The van der Waals surface area contributed by atoms with Crippen LogP contribution in [0.5, 0.6) is 0 Å². The predicted octanol–water partition coefficient (Wildman–Crippen LogP) is 0.631. The minimum atomic E-state index is -0.384. The summed E-state index contributed by atoms with van der Waals surface area (Å²) in [6, 6.07) is 0. The quantitative estimate of drug-likeness (QED) is 0.209. The van der Waals surface area contributed by atoms with E-state index in [-0.39, 0.29) is 54.7 Å². The number of aromatic nitrogens is 3. The molecule has 0 radical (unpaired) electrons. The number of hydrogen-bond acceptors (Lipinski definition) is 11. The summed E-state index contributed by atoms with van der Waals surface area (Å²) >= 11 is 3.79. The Morgan fingerprint density at radius 3 is 1.51 bits per heavy atom. The molecule has 12 nitrogen and oxygen atoms in total. The zero-order valence-electron chi connectivity index (χ0n) is 18.8. The van der Waals surface area contributed by atoms with E-state index in [0.29, 0.717) is 40.2 Å². The lowest BCUT2D eigenvalue weighted by Crippen LogP contribution is -2.26. The maximum Gasteiger partial charge on any atom is 0.271 e. The molecule has 0 spiro atoms. The van der Waals surface area contributed by atoms with E-state index in [1.807, 2.05) is 0 Å². The summed E-state index contributed by atoms with van der Waals surface area (Å²) in [4.78, 5) is 60.4. The second kappa shape index (κ2) is 13.0. The maximum absolute atomic E-state index is 12.4. The standard InChI is InChI=1S/C20H24N8O4S3/c1-11(29)23-5-15-27-13(9-33-15)19(31)25-7-17-28-14(10-35-17)20(32)24-6-16-26-12(8-34-16)18(30)22-4-2-3-21/h8-10H,2-7,21H2,1H3,(H,22,30)(H,23,29)(H,24,32)(H,25,31). The lowest BCUT2D eigenvalue weighted by Gasteiger charge is -2.02. The second-order valence-electron chi connectivity index (χ2n) is 7.05. The van der Waals surface area contributed by atoms with E-state index in [1.165, 1.54) is 40.9 Å². The molecule has 35 heavy (non-hydrogen) atoms. The second-order valence-corrected chi connectivity index (χ2v) is 9.88. The van der Waals surface area contributed by atoms with Crippen molar-refractivity contribution in [1.29, 1.82) is 0 Å². The number of nitrogens with zero attached hydrogens (tertiary/aromatic N) is 3. The van der Waals surface area contributed by atoms with Crippen molar-refractivity contribution in [3.8, 4) is 0 Å². The lowest BCUT2D eigenvalue weighted by atomic mass is 10.4. The number of nitrogens with one attached hydrogen (secondary N) is 4. The fourth-order valence-corrected chi connectivity index (χ4v) is 4.72. The van der Waals surface area contributed by atoms with Crippen LogP contribution in [0.1, 0.15) is 59.8 Å². The Bertz CT molecular complexity index is 1190. The number of hydrogen-bond donors (Lipinski definition) is 5. The van der Waals surface area contributed by atoms with E-state index in [4.69, 9.17) is 5.73 Å². The van der Waals surface area contributed by atoms with Crippen LogP contribution in [-0.4, -0.2) is 51.7 Å². The maximum atomic E-state index is 12.4. The minimum Gasteiger partial charge on any atom is -0.351 e. The summed E-state index contributed by atoms with van der Waals surface area (Å²) in [7, 11) is 0. The average molecular weight is 537 g/mol. The molecule has 3 rings (SSSR count). The summed E-state index contributed by atoms with van der Waals surface area (Å²) in [5, 5.41) is 17.4. The Labute approximate surface area is 212 Å². The van der Waals surface area contributed by atoms with Gasteiger partial charge in [-0.15, -0.1) is 34.0 Å². The zero-order chi connectivity index (χ0) is 25.2. The molecule has 4 amide bonds. The molecule has 6 N–H and O–H groups in total. The van der Waals surface area contributed by atoms with Crippen molar-refractivity contribution in [3.05, 3.63) is 48.2 Å². The van der Waals surface area contributed by atoms with E-state index >= 15 is 0 Å². The normalized spacial score (nSPS) is 10.6. The number of rotatable bonds is 12. The third kappa shape index (κ3) is 8.17. The number of carbonyl (C=O) groups excluding carboxylic acids is 4. The van der Waals surface area contributed by atoms with Gasteiger partial charge in [0.25, 0.3) is 17.7 Å². The summed E-state index contributed by atoms with van der Waals surface area (Å²) in [5.41, 5.74) is 6.18. The molecule has 3 aromatic rings. The molecule has 186 valence electrons. The van der Waals surface area contributed by atoms with Gasteiger partial charge in [-0.05, 0) is 13.0 Å². The van der Waals surface area contributed by atoms with Gasteiger partial charge in [0.1, 0.15) is 32.1 Å². The van der Waals surface area contributed by atoms with Gasteiger partial charge in [-0.2, -0.15) is 0 Å². The van der Waals surface area contributed by atoms with E-state index in [1.54, 1.807) is 16.1 Å². The molecule has 3 aromatic heterocycles. The van der Waals surface area contributed by atoms with Crippen molar-refractivity contribution in [1.82, 2.24) is 36.2 Å². The fraction of sp³-hybridized carbons (Fsp3) is 0.350. The fourth-order valence-electron chi connectivity index (χ4n) is 2.58. The molecule has 0 aliphatic rings. The van der Waals surface area contributed by atoms with E-state index in [2.05, 4.69) is 36.2 Å². The van der Waals surface area contributed by atoms with Crippen LogP contribution in [0, 0.1) is 0 Å². The van der Waals surface area contributed by atoms with Gasteiger partial charge in [-0.3, -0.25) is 19.2 Å². The highest BCUT2D eigenvalue weighted by molar-refractivity contribution is 7.10. The molecule has 0 aliphatic carbocycles. The third-order valence-corrected chi connectivity index (χ3v) is 6.85. The monoisotopic (exact) mass is 536 g/mol. The molecule has 0 unspecified atom stereocenters. The van der Waals surface area contributed by atoms with Crippen LogP contribution in [-0.2, 0) is 24.4 Å². The first-order valence-corrected chi connectivity index (χ1v) is 13.1. The molecular formula is C20H24N8O4S3. The molecule has 0 atom stereocenters. The van der Waals surface area contributed by atoms with Crippen molar-refractivity contribution in [2.75, 3.05) is 13.1 Å². The topological polar surface area (TPSA) is 181 Å². The Morgan fingerprint density at radius 1 is 0.714 bits per heavy atom. The Kier molecular flexibility index (Phi) is 9.77. The molecule has 0 aliphatic heterocycles. The van der Waals surface area contributed by atoms with E-state index in [0.717, 1.165) is 0 Å². The van der Waals surface area contributed by atoms with Crippen LogP contribution in [0.15, 0.2) is 16.1 Å². The number of carbonyl (C=O) groups is 4. The third-order valence-electron chi connectivity index (χ3n) is 4.31. The molecule has 0 aromatic carbocycles. The van der Waals surface area contributed by atoms with Gasteiger partial charge in [0.2, 0.25) is 5.91 Å². The molecule has 3 heterocycles. The van der Waals surface area contributed by atoms with Crippen molar-refractivity contribution < 1.29 is 19.2 Å². The Morgan fingerprint density at radius 2 is 1.11 bits per heavy atom. The van der Waals surface area contributed by atoms with Crippen molar-refractivity contribution in [2.24, 2.45) is 5.73 Å².